The van der Waals surface area contributed by atoms with Crippen molar-refractivity contribution in [1.82, 2.24) is 9.88 Å². The number of ether oxygens (including phenoxy) is 1. The average molecular weight is 412 g/mol. The fraction of sp³-hybridized carbons (Fsp3) is 0.278. The maximum atomic E-state index is 12.8. The molecule has 1 aromatic heterocycles. The first kappa shape index (κ1) is 20.4. The van der Waals surface area contributed by atoms with Crippen LogP contribution in [0.1, 0.15) is 32.7 Å². The Morgan fingerprint density at radius 3 is 2.41 bits per heavy atom. The number of aromatic nitrogens is 1. The van der Waals surface area contributed by atoms with Crippen LogP contribution < -0.4 is 10.9 Å². The van der Waals surface area contributed by atoms with E-state index in [0.717, 1.165) is 16.7 Å². The van der Waals surface area contributed by atoms with Crippen molar-refractivity contribution in [2.45, 2.75) is 25.9 Å². The van der Waals surface area contributed by atoms with Gasteiger partial charge in [0, 0.05) is 5.56 Å². The van der Waals surface area contributed by atoms with E-state index in [-0.39, 0.29) is 25.3 Å². The smallest absolute Gasteiger partial charge is 0.416 e. The molecule has 11 heteroatoms. The minimum atomic E-state index is -4.50. The zero-order valence-electron chi connectivity index (χ0n) is 14.7. The van der Waals surface area contributed by atoms with Crippen molar-refractivity contribution in [3.63, 3.8) is 0 Å². The maximum absolute atomic E-state index is 12.8. The number of carboxylic acids is 1. The van der Waals surface area contributed by atoms with Crippen LogP contribution in [-0.4, -0.2) is 33.2 Å². The summed E-state index contributed by atoms with van der Waals surface area (Å²) in [5.74, 6) is -3.02. The molecule has 0 atom stereocenters. The average Bonchev–Trinajstić information content (AvgIpc) is 3.13. The SMILES string of the molecule is O=C(O)CNC(=O)c1c(O)c2c(n(Cc3ccc(C(F)(F)F)cc3)c1=O)COC2. The third-order valence-electron chi connectivity index (χ3n) is 4.39. The van der Waals surface area contributed by atoms with E-state index in [1.54, 1.807) is 0 Å². The second-order valence-electron chi connectivity index (χ2n) is 6.30. The number of alkyl halides is 3. The Hall–Kier alpha value is -3.34. The quantitative estimate of drug-likeness (QED) is 0.685. The molecule has 0 aliphatic carbocycles. The van der Waals surface area contributed by atoms with E-state index >= 15 is 0 Å². The van der Waals surface area contributed by atoms with Gasteiger partial charge in [0.1, 0.15) is 17.9 Å². The standard InChI is InChI=1S/C18H15F3N2O6/c19-18(20,21)10-3-1-9(2-4-10)6-23-12-8-29-7-11(12)15(26)14(17(23)28)16(27)22-5-13(24)25/h1-4,26H,5-8H2,(H,22,27)(H,24,25). The lowest BCUT2D eigenvalue weighted by molar-refractivity contribution is -0.138. The number of aliphatic carboxylic acids is 1. The fourth-order valence-electron chi connectivity index (χ4n) is 2.97. The monoisotopic (exact) mass is 412 g/mol. The van der Waals surface area contributed by atoms with Gasteiger partial charge in [0.05, 0.1) is 31.0 Å². The van der Waals surface area contributed by atoms with Gasteiger partial charge in [-0.15, -0.1) is 0 Å². The number of pyridine rings is 1. The van der Waals surface area contributed by atoms with E-state index < -0.39 is 47.0 Å². The number of aromatic hydroxyl groups is 1. The first-order chi connectivity index (χ1) is 13.6. The minimum absolute atomic E-state index is 0.0320. The zero-order valence-corrected chi connectivity index (χ0v) is 14.7. The maximum Gasteiger partial charge on any atom is 0.416 e. The molecule has 1 aromatic carbocycles. The largest absolute Gasteiger partial charge is 0.506 e. The molecule has 0 saturated heterocycles. The van der Waals surface area contributed by atoms with Crippen molar-refractivity contribution in [1.29, 1.82) is 0 Å². The molecule has 2 aromatic rings. The number of nitrogens with zero attached hydrogens (tertiary/aromatic N) is 1. The van der Waals surface area contributed by atoms with Crippen LogP contribution in [0, 0.1) is 0 Å². The van der Waals surface area contributed by atoms with Gasteiger partial charge in [-0.2, -0.15) is 13.2 Å². The summed E-state index contributed by atoms with van der Waals surface area (Å²) in [6, 6.07) is 4.15. The molecule has 0 bridgehead atoms. The molecule has 1 amide bonds. The Balaban J connectivity index is 2.02. The minimum Gasteiger partial charge on any atom is -0.506 e. The summed E-state index contributed by atoms with van der Waals surface area (Å²) in [5.41, 5.74) is -1.56. The lowest BCUT2D eigenvalue weighted by atomic mass is 10.1. The van der Waals surface area contributed by atoms with Gasteiger partial charge in [0.15, 0.2) is 0 Å². The predicted molar refractivity (Wildman–Crippen MR) is 91.4 cm³/mol. The summed E-state index contributed by atoms with van der Waals surface area (Å²) in [6.45, 7) is -1.03. The van der Waals surface area contributed by atoms with Crippen molar-refractivity contribution in [2.24, 2.45) is 0 Å². The highest BCUT2D eigenvalue weighted by molar-refractivity contribution is 5.98. The third-order valence-corrected chi connectivity index (χ3v) is 4.39. The lowest BCUT2D eigenvalue weighted by Gasteiger charge is -2.16. The molecule has 0 radical (unpaired) electrons. The number of carbonyl (C=O) groups is 2. The van der Waals surface area contributed by atoms with Gasteiger partial charge in [-0.05, 0) is 17.7 Å². The molecule has 29 heavy (non-hydrogen) atoms. The van der Waals surface area contributed by atoms with Crippen molar-refractivity contribution >= 4 is 11.9 Å². The molecule has 1 aliphatic heterocycles. The lowest BCUT2D eigenvalue weighted by Crippen LogP contribution is -2.37. The number of hydrogen-bond acceptors (Lipinski definition) is 5. The van der Waals surface area contributed by atoms with Crippen molar-refractivity contribution < 1.29 is 37.7 Å². The van der Waals surface area contributed by atoms with Crippen LogP contribution in [0.2, 0.25) is 0 Å². The number of benzene rings is 1. The highest BCUT2D eigenvalue weighted by Crippen LogP contribution is 2.31. The molecular weight excluding hydrogens is 397 g/mol. The van der Waals surface area contributed by atoms with Gasteiger partial charge >= 0.3 is 12.1 Å². The highest BCUT2D eigenvalue weighted by atomic mass is 19.4. The molecule has 3 rings (SSSR count). The summed E-state index contributed by atoms with van der Waals surface area (Å²) in [7, 11) is 0. The molecule has 1 aliphatic rings. The number of nitrogens with one attached hydrogen (secondary N) is 1. The summed E-state index contributed by atoms with van der Waals surface area (Å²) in [5, 5.41) is 21.0. The molecule has 2 heterocycles. The topological polar surface area (TPSA) is 118 Å². The summed E-state index contributed by atoms with van der Waals surface area (Å²) >= 11 is 0. The van der Waals surface area contributed by atoms with Crippen LogP contribution in [0.25, 0.3) is 0 Å². The van der Waals surface area contributed by atoms with Gasteiger partial charge in [-0.25, -0.2) is 0 Å². The van der Waals surface area contributed by atoms with Gasteiger partial charge in [-0.1, -0.05) is 12.1 Å². The number of fused-ring (bicyclic) bond motifs is 1. The van der Waals surface area contributed by atoms with E-state index in [0.29, 0.717) is 11.3 Å². The molecule has 0 fully saturated rings. The molecule has 0 unspecified atom stereocenters. The summed E-state index contributed by atoms with van der Waals surface area (Å²) in [6.07, 6.45) is -4.50. The van der Waals surface area contributed by atoms with Crippen LogP contribution in [0.5, 0.6) is 5.75 Å². The number of amides is 1. The number of hydrogen-bond donors (Lipinski definition) is 3. The first-order valence-corrected chi connectivity index (χ1v) is 8.31. The Labute approximate surface area is 161 Å². The van der Waals surface area contributed by atoms with Crippen molar-refractivity contribution in [3.05, 3.63) is 62.6 Å². The summed E-state index contributed by atoms with van der Waals surface area (Å²) in [4.78, 5) is 35.7. The number of carboxylic acid groups (broad SMARTS) is 1. The van der Waals surface area contributed by atoms with Gasteiger partial charge in [0.25, 0.3) is 11.5 Å². The van der Waals surface area contributed by atoms with Crippen LogP contribution in [0.15, 0.2) is 29.1 Å². The van der Waals surface area contributed by atoms with Crippen molar-refractivity contribution in [3.8, 4) is 5.75 Å². The van der Waals surface area contributed by atoms with Gasteiger partial charge in [0.2, 0.25) is 0 Å². The second-order valence-corrected chi connectivity index (χ2v) is 6.30. The normalized spacial score (nSPS) is 13.2. The second kappa shape index (κ2) is 7.59. The highest BCUT2D eigenvalue weighted by Gasteiger charge is 2.31. The zero-order chi connectivity index (χ0) is 21.3. The Morgan fingerprint density at radius 1 is 1.17 bits per heavy atom. The van der Waals surface area contributed by atoms with E-state index in [1.807, 2.05) is 5.32 Å². The molecule has 8 nitrogen and oxygen atoms in total. The molecule has 0 saturated carbocycles. The van der Waals surface area contributed by atoms with Crippen LogP contribution in [-0.2, 0) is 35.5 Å². The molecule has 0 spiro atoms. The fourth-order valence-corrected chi connectivity index (χ4v) is 2.97. The molecule has 154 valence electrons. The molecule has 3 N–H and O–H groups in total. The summed E-state index contributed by atoms with van der Waals surface area (Å²) < 4.78 is 44.5. The predicted octanol–water partition coefficient (Wildman–Crippen LogP) is 1.47. The first-order valence-electron chi connectivity index (χ1n) is 8.31. The Kier molecular flexibility index (Phi) is 5.33. The van der Waals surface area contributed by atoms with Crippen LogP contribution in [0.4, 0.5) is 13.2 Å². The van der Waals surface area contributed by atoms with E-state index in [4.69, 9.17) is 9.84 Å². The van der Waals surface area contributed by atoms with E-state index in [9.17, 15) is 32.7 Å². The third kappa shape index (κ3) is 4.09. The van der Waals surface area contributed by atoms with E-state index in [1.165, 1.54) is 12.1 Å². The van der Waals surface area contributed by atoms with Gasteiger partial charge in [-0.3, -0.25) is 14.4 Å². The number of rotatable bonds is 5. The molecular formula is C18H15F3N2O6. The number of halogens is 3. The van der Waals surface area contributed by atoms with E-state index in [2.05, 4.69) is 0 Å². The Morgan fingerprint density at radius 2 is 1.83 bits per heavy atom. The van der Waals surface area contributed by atoms with Gasteiger partial charge < -0.3 is 24.8 Å². The van der Waals surface area contributed by atoms with Crippen molar-refractivity contribution in [2.75, 3.05) is 6.54 Å². The Bertz CT molecular complexity index is 1030. The van der Waals surface area contributed by atoms with Crippen LogP contribution in [0.3, 0.4) is 0 Å². The number of carbonyl (C=O) groups excluding carboxylic acids is 1. The van der Waals surface area contributed by atoms with Crippen LogP contribution >= 0.6 is 0 Å².